The Kier molecular flexibility index (Phi) is 4.31. The highest BCUT2D eigenvalue weighted by molar-refractivity contribution is 5.98. The predicted octanol–water partition coefficient (Wildman–Crippen LogP) is 4.89. The lowest BCUT2D eigenvalue weighted by Gasteiger charge is -2.16. The Hall–Kier alpha value is -4.03. The molecule has 1 aromatic heterocycles. The molecule has 3 N–H and O–H groups in total. The van der Waals surface area contributed by atoms with Gasteiger partial charge < -0.3 is 15.8 Å². The number of nitrogens with zero attached hydrogens (tertiary/aromatic N) is 1. The second kappa shape index (κ2) is 10.3. The first-order valence-electron chi connectivity index (χ1n) is 14.9. The number of esters is 1. The van der Waals surface area contributed by atoms with Crippen molar-refractivity contribution < 1.29 is 26.7 Å². The summed E-state index contributed by atoms with van der Waals surface area (Å²) in [7, 11) is 0. The van der Waals surface area contributed by atoms with E-state index in [9.17, 15) is 9.59 Å². The molecule has 0 radical (unpaired) electrons. The lowest BCUT2D eigenvalue weighted by Crippen LogP contribution is -2.27. The van der Waals surface area contributed by atoms with Crippen molar-refractivity contribution in [3.05, 3.63) is 107 Å². The van der Waals surface area contributed by atoms with Crippen LogP contribution >= 0.6 is 0 Å². The number of anilines is 1. The van der Waals surface area contributed by atoms with Gasteiger partial charge in [-0.25, -0.2) is 4.79 Å². The molecule has 3 aromatic carbocycles. The molecule has 0 aliphatic heterocycles. The van der Waals surface area contributed by atoms with Crippen molar-refractivity contribution in [3.8, 4) is 0 Å². The smallest absolute Gasteiger partial charge is 0.338 e. The summed E-state index contributed by atoms with van der Waals surface area (Å²) in [5.74, 6) is -2.51. The molecule has 34 heavy (non-hydrogen) atoms. The first-order chi connectivity index (χ1) is 20.0. The average Bonchev–Trinajstić information content (AvgIpc) is 2.92. The molecule has 6 nitrogen and oxygen atoms in total. The van der Waals surface area contributed by atoms with Crippen LogP contribution in [0.1, 0.15) is 50.9 Å². The van der Waals surface area contributed by atoms with Crippen molar-refractivity contribution >= 4 is 28.3 Å². The summed E-state index contributed by atoms with van der Waals surface area (Å²) >= 11 is 0. The molecule has 0 aliphatic rings. The molecule has 1 atom stereocenters. The van der Waals surface area contributed by atoms with Crippen LogP contribution in [0.5, 0.6) is 0 Å². The molecule has 0 bridgehead atoms. The van der Waals surface area contributed by atoms with E-state index >= 15 is 0 Å². The third-order valence-electron chi connectivity index (χ3n) is 5.20. The van der Waals surface area contributed by atoms with E-state index in [0.717, 1.165) is 23.6 Å². The van der Waals surface area contributed by atoms with Crippen LogP contribution < -0.4 is 11.1 Å². The summed E-state index contributed by atoms with van der Waals surface area (Å²) in [6, 6.07) is 15.3. The second-order valence-electron chi connectivity index (χ2n) is 7.51. The number of nitrogens with one attached hydrogen (secondary N) is 1. The maximum absolute atomic E-state index is 13.1. The predicted molar refractivity (Wildman–Crippen MR) is 134 cm³/mol. The van der Waals surface area contributed by atoms with Crippen LogP contribution in [0.2, 0.25) is 0 Å². The summed E-state index contributed by atoms with van der Waals surface area (Å²) in [6.07, 6.45) is 1.61. The van der Waals surface area contributed by atoms with E-state index in [-0.39, 0.29) is 23.8 Å². The number of fused-ring (bicyclic) bond motifs is 1. The quantitative estimate of drug-likeness (QED) is 0.381. The van der Waals surface area contributed by atoms with Crippen molar-refractivity contribution in [2.45, 2.75) is 26.2 Å². The SMILES string of the molecule is [2H]c1nccc2cc(NC(=O)[C@H](CN)c3ccc(C([2H])([2H])OC(=O)c4ccc(C([2H])([2H])[2H])cc4C([2H])([2H])[2H])cc3)ccc12. The molecule has 0 fully saturated rings. The number of aromatic nitrogens is 1. The Balaban J connectivity index is 1.52. The minimum Gasteiger partial charge on any atom is -0.457 e. The van der Waals surface area contributed by atoms with Crippen molar-refractivity contribution in [2.75, 3.05) is 11.9 Å². The zero-order valence-corrected chi connectivity index (χ0v) is 18.0. The van der Waals surface area contributed by atoms with Crippen molar-refractivity contribution in [1.29, 1.82) is 0 Å². The number of ether oxygens (including phenoxy) is 1. The number of rotatable bonds is 7. The monoisotopic (exact) mass is 462 g/mol. The largest absolute Gasteiger partial charge is 0.457 e. The van der Waals surface area contributed by atoms with Gasteiger partial charge in [-0.05, 0) is 60.0 Å². The molecular weight excluding hydrogens is 426 g/mol. The average molecular weight is 463 g/mol. The number of hydrogen-bond donors (Lipinski definition) is 2. The first-order valence-corrected chi connectivity index (χ1v) is 10.4. The highest BCUT2D eigenvalue weighted by atomic mass is 16.5. The Morgan fingerprint density at radius 2 is 1.94 bits per heavy atom. The van der Waals surface area contributed by atoms with E-state index in [2.05, 4.69) is 10.3 Å². The third-order valence-corrected chi connectivity index (χ3v) is 5.20. The van der Waals surface area contributed by atoms with Crippen LogP contribution in [0.25, 0.3) is 10.8 Å². The first kappa shape index (κ1) is 14.3. The van der Waals surface area contributed by atoms with Crippen LogP contribution in [-0.2, 0) is 16.1 Å². The van der Waals surface area contributed by atoms with Crippen LogP contribution in [0.4, 0.5) is 5.69 Å². The normalized spacial score (nSPS) is 16.8. The number of pyridine rings is 1. The summed E-state index contributed by atoms with van der Waals surface area (Å²) in [5, 5.41) is 4.15. The van der Waals surface area contributed by atoms with Gasteiger partial charge in [0.15, 0.2) is 0 Å². The van der Waals surface area contributed by atoms with Crippen molar-refractivity contribution in [1.82, 2.24) is 4.98 Å². The van der Waals surface area contributed by atoms with E-state index in [1.54, 1.807) is 24.3 Å². The van der Waals surface area contributed by atoms with Crippen LogP contribution in [-0.4, -0.2) is 23.4 Å². The number of carbonyl (C=O) groups is 2. The molecule has 4 aromatic rings. The van der Waals surface area contributed by atoms with E-state index < -0.39 is 49.2 Å². The molecule has 6 heteroatoms. The molecule has 172 valence electrons. The topological polar surface area (TPSA) is 94.3 Å². The van der Waals surface area contributed by atoms with Crippen molar-refractivity contribution in [2.24, 2.45) is 5.73 Å². The molecule has 1 heterocycles. The summed E-state index contributed by atoms with van der Waals surface area (Å²) in [5.41, 5.74) is 5.41. The summed E-state index contributed by atoms with van der Waals surface area (Å²) in [6.45, 7) is -8.25. The van der Waals surface area contributed by atoms with Gasteiger partial charge in [0, 0.05) is 38.2 Å². The minimum atomic E-state index is -2.86. The number of carbonyl (C=O) groups excluding carboxylic acids is 2. The van der Waals surface area contributed by atoms with Gasteiger partial charge >= 0.3 is 5.97 Å². The molecule has 0 spiro atoms. The fourth-order valence-electron chi connectivity index (χ4n) is 3.39. The van der Waals surface area contributed by atoms with Gasteiger partial charge in [-0.1, -0.05) is 48.0 Å². The second-order valence-corrected chi connectivity index (χ2v) is 7.51. The lowest BCUT2D eigenvalue weighted by atomic mass is 9.97. The van der Waals surface area contributed by atoms with Crippen LogP contribution in [0.3, 0.4) is 0 Å². The number of nitrogens with two attached hydrogens (primary N) is 1. The lowest BCUT2D eigenvalue weighted by molar-refractivity contribution is -0.117. The Bertz CT molecular complexity index is 1670. The Labute approximate surface area is 211 Å². The molecule has 0 saturated carbocycles. The van der Waals surface area contributed by atoms with E-state index in [0.29, 0.717) is 16.6 Å². The third kappa shape index (κ3) is 5.30. The highest BCUT2D eigenvalue weighted by Gasteiger charge is 2.19. The van der Waals surface area contributed by atoms with Gasteiger partial charge in [-0.15, -0.1) is 0 Å². The van der Waals surface area contributed by atoms with Gasteiger partial charge in [0.1, 0.15) is 6.56 Å². The van der Waals surface area contributed by atoms with Gasteiger partial charge in [0.2, 0.25) is 5.91 Å². The van der Waals surface area contributed by atoms with E-state index in [1.807, 2.05) is 0 Å². The number of aryl methyl sites for hydroxylation is 2. The van der Waals surface area contributed by atoms with Crippen molar-refractivity contribution in [3.63, 3.8) is 0 Å². The number of hydrogen-bond acceptors (Lipinski definition) is 5. The fraction of sp³-hybridized carbons (Fsp3) is 0.179. The van der Waals surface area contributed by atoms with Gasteiger partial charge in [-0.3, -0.25) is 9.78 Å². The summed E-state index contributed by atoms with van der Waals surface area (Å²) in [4.78, 5) is 29.9. The summed E-state index contributed by atoms with van der Waals surface area (Å²) < 4.78 is 75.3. The molecule has 0 unspecified atom stereocenters. The fourth-order valence-corrected chi connectivity index (χ4v) is 3.39. The van der Waals surface area contributed by atoms with E-state index in [4.69, 9.17) is 22.8 Å². The Morgan fingerprint density at radius 3 is 2.71 bits per heavy atom. The standard InChI is InChI=1S/C28H27N3O3/c1-18-3-10-25(19(2)13-18)28(33)34-17-20-4-6-21(7-5-20)26(15-29)27(32)31-24-9-8-23-16-30-12-11-22(23)14-24/h3-14,16,26H,15,17,29H2,1-2H3,(H,31,32)/t26-/m1/s1/i1D3,2D3,16D,17D2. The zero-order valence-electron chi connectivity index (χ0n) is 27.0. The molecule has 4 rings (SSSR count). The van der Waals surface area contributed by atoms with Crippen LogP contribution in [0, 0.1) is 13.7 Å². The molecular formula is C28H27N3O3. The van der Waals surface area contributed by atoms with Crippen LogP contribution in [0.15, 0.2) is 79.1 Å². The molecule has 0 aliphatic carbocycles. The maximum Gasteiger partial charge on any atom is 0.338 e. The Morgan fingerprint density at radius 1 is 1.09 bits per heavy atom. The van der Waals surface area contributed by atoms with E-state index in [1.165, 1.54) is 30.5 Å². The van der Waals surface area contributed by atoms with Gasteiger partial charge in [0.05, 0.1) is 15.6 Å². The zero-order chi connectivity index (χ0) is 31.7. The maximum atomic E-state index is 13.1. The molecule has 1 amide bonds. The van der Waals surface area contributed by atoms with Gasteiger partial charge in [-0.2, -0.15) is 0 Å². The van der Waals surface area contributed by atoms with Gasteiger partial charge in [0.25, 0.3) is 0 Å². The highest BCUT2D eigenvalue weighted by Crippen LogP contribution is 2.22. The number of amides is 1. The number of benzene rings is 3. The molecule has 0 saturated heterocycles. The minimum absolute atomic E-state index is 0.0639.